The van der Waals surface area contributed by atoms with Gasteiger partial charge in [0.1, 0.15) is 0 Å². The molecule has 1 saturated heterocycles. The molecular weight excluding hydrogens is 311 g/mol. The summed E-state index contributed by atoms with van der Waals surface area (Å²) in [4.78, 5) is 18.0. The van der Waals surface area contributed by atoms with E-state index < -0.39 is 5.82 Å². The van der Waals surface area contributed by atoms with Crippen LogP contribution in [0, 0.1) is 11.7 Å². The van der Waals surface area contributed by atoms with Gasteiger partial charge in [0.25, 0.3) is 0 Å². The van der Waals surface area contributed by atoms with Gasteiger partial charge in [0, 0.05) is 38.6 Å². The largest absolute Gasteiger partial charge is 0.505 e. The molecule has 0 bridgehead atoms. The summed E-state index contributed by atoms with van der Waals surface area (Å²) in [6.07, 6.45) is 0.868. The summed E-state index contributed by atoms with van der Waals surface area (Å²) in [6.45, 7) is 5.60. The van der Waals surface area contributed by atoms with Crippen LogP contribution in [0.1, 0.15) is 25.8 Å². The summed E-state index contributed by atoms with van der Waals surface area (Å²) in [5, 5.41) is 15.6. The van der Waals surface area contributed by atoms with Crippen molar-refractivity contribution in [3.8, 4) is 5.75 Å². The predicted octanol–water partition coefficient (Wildman–Crippen LogP) is 1.45. The Morgan fingerprint density at radius 3 is 2.88 bits per heavy atom. The van der Waals surface area contributed by atoms with Crippen LogP contribution in [0.15, 0.2) is 23.2 Å². The molecule has 24 heavy (non-hydrogen) atoms. The molecule has 1 aromatic carbocycles. The van der Waals surface area contributed by atoms with Gasteiger partial charge in [0.05, 0.1) is 0 Å². The molecule has 1 fully saturated rings. The van der Waals surface area contributed by atoms with E-state index in [2.05, 4.69) is 15.6 Å². The van der Waals surface area contributed by atoms with Crippen LogP contribution < -0.4 is 10.6 Å². The zero-order chi connectivity index (χ0) is 17.7. The molecule has 0 radical (unpaired) electrons. The monoisotopic (exact) mass is 336 g/mol. The Morgan fingerprint density at radius 2 is 2.25 bits per heavy atom. The molecule has 132 valence electrons. The van der Waals surface area contributed by atoms with Crippen molar-refractivity contribution < 1.29 is 14.3 Å². The van der Waals surface area contributed by atoms with Crippen molar-refractivity contribution in [3.63, 3.8) is 0 Å². The second-order valence-electron chi connectivity index (χ2n) is 6.28. The van der Waals surface area contributed by atoms with Gasteiger partial charge in [-0.3, -0.25) is 9.79 Å². The zero-order valence-electron chi connectivity index (χ0n) is 14.3. The highest BCUT2D eigenvalue weighted by molar-refractivity contribution is 5.81. The van der Waals surface area contributed by atoms with Gasteiger partial charge in [-0.05, 0) is 24.1 Å². The van der Waals surface area contributed by atoms with Crippen LogP contribution in [0.3, 0.4) is 0 Å². The quantitative estimate of drug-likeness (QED) is 0.575. The molecule has 1 amide bonds. The molecule has 1 heterocycles. The summed E-state index contributed by atoms with van der Waals surface area (Å²) >= 11 is 0. The Balaban J connectivity index is 1.85. The molecule has 1 aliphatic rings. The smallest absolute Gasteiger partial charge is 0.225 e. The van der Waals surface area contributed by atoms with E-state index in [4.69, 9.17) is 0 Å². The number of carbonyl (C=O) groups excluding carboxylic acids is 1. The molecule has 7 heteroatoms. The van der Waals surface area contributed by atoms with E-state index in [0.717, 1.165) is 13.0 Å². The Bertz CT molecular complexity index is 619. The average molecular weight is 336 g/mol. The Hall–Kier alpha value is -2.31. The summed E-state index contributed by atoms with van der Waals surface area (Å²) in [6, 6.07) is 4.41. The fraction of sp³-hybridized carbons (Fsp3) is 0.529. The maximum Gasteiger partial charge on any atom is 0.225 e. The average Bonchev–Trinajstić information content (AvgIpc) is 3.02. The molecule has 1 aliphatic heterocycles. The molecule has 1 atom stereocenters. The van der Waals surface area contributed by atoms with Crippen molar-refractivity contribution >= 4 is 11.9 Å². The van der Waals surface area contributed by atoms with Crippen LogP contribution in [0.2, 0.25) is 0 Å². The minimum absolute atomic E-state index is 0.00517. The first-order chi connectivity index (χ1) is 11.4. The van der Waals surface area contributed by atoms with E-state index in [1.54, 1.807) is 13.1 Å². The number of nitrogens with one attached hydrogen (secondary N) is 2. The third-order valence-corrected chi connectivity index (χ3v) is 4.03. The highest BCUT2D eigenvalue weighted by atomic mass is 19.1. The Kier molecular flexibility index (Phi) is 6.00. The lowest BCUT2D eigenvalue weighted by molar-refractivity contribution is -0.133. The standard InChI is InChI=1S/C17H25FN4O2/c1-11(2)16(24)22-7-6-13(10-22)21-17(19-3)20-9-12-4-5-15(23)14(18)8-12/h4-5,8,11,13,23H,6-7,9-10H2,1-3H3,(H2,19,20,21). The first kappa shape index (κ1) is 18.0. The summed E-state index contributed by atoms with van der Waals surface area (Å²) in [5.41, 5.74) is 0.705. The number of guanidine groups is 1. The third kappa shape index (κ3) is 4.59. The normalized spacial score (nSPS) is 18.1. The molecule has 0 saturated carbocycles. The number of aliphatic imine (C=N–C) groups is 1. The molecule has 1 aromatic rings. The van der Waals surface area contributed by atoms with Crippen molar-refractivity contribution in [3.05, 3.63) is 29.6 Å². The molecule has 0 spiro atoms. The second-order valence-corrected chi connectivity index (χ2v) is 6.28. The van der Waals surface area contributed by atoms with Gasteiger partial charge in [-0.2, -0.15) is 0 Å². The number of nitrogens with zero attached hydrogens (tertiary/aromatic N) is 2. The molecule has 1 unspecified atom stereocenters. The topological polar surface area (TPSA) is 77.0 Å². The highest BCUT2D eigenvalue weighted by Crippen LogP contribution is 2.16. The molecular formula is C17H25FN4O2. The number of amides is 1. The van der Waals surface area contributed by atoms with Crippen molar-refractivity contribution in [2.45, 2.75) is 32.9 Å². The first-order valence-corrected chi connectivity index (χ1v) is 8.14. The molecule has 6 nitrogen and oxygen atoms in total. The minimum Gasteiger partial charge on any atom is -0.505 e. The van der Waals surface area contributed by atoms with Crippen LogP contribution in [0.5, 0.6) is 5.75 Å². The number of benzene rings is 1. The highest BCUT2D eigenvalue weighted by Gasteiger charge is 2.27. The van der Waals surface area contributed by atoms with Crippen LogP contribution in [-0.4, -0.2) is 48.1 Å². The molecule has 2 rings (SSSR count). The molecule has 0 aliphatic carbocycles. The van der Waals surface area contributed by atoms with E-state index in [1.807, 2.05) is 18.7 Å². The Labute approximate surface area is 141 Å². The number of phenols is 1. The number of halogens is 1. The first-order valence-electron chi connectivity index (χ1n) is 8.14. The lowest BCUT2D eigenvalue weighted by Crippen LogP contribution is -2.45. The number of likely N-dealkylation sites (tertiary alicyclic amines) is 1. The SMILES string of the molecule is CN=C(NCc1ccc(O)c(F)c1)NC1CCN(C(=O)C(C)C)C1. The van der Waals surface area contributed by atoms with E-state index in [9.17, 15) is 14.3 Å². The lowest BCUT2D eigenvalue weighted by Gasteiger charge is -2.20. The number of hydrogen-bond acceptors (Lipinski definition) is 3. The van der Waals surface area contributed by atoms with Crippen LogP contribution in [0.25, 0.3) is 0 Å². The van der Waals surface area contributed by atoms with Crippen molar-refractivity contribution in [1.82, 2.24) is 15.5 Å². The number of hydrogen-bond donors (Lipinski definition) is 3. The van der Waals surface area contributed by atoms with E-state index in [0.29, 0.717) is 24.6 Å². The van der Waals surface area contributed by atoms with E-state index in [-0.39, 0.29) is 23.6 Å². The lowest BCUT2D eigenvalue weighted by atomic mass is 10.2. The number of carbonyl (C=O) groups is 1. The summed E-state index contributed by atoms with van der Waals surface area (Å²) in [7, 11) is 1.67. The number of aromatic hydroxyl groups is 1. The van der Waals surface area contributed by atoms with Crippen LogP contribution in [0.4, 0.5) is 4.39 Å². The Morgan fingerprint density at radius 1 is 1.50 bits per heavy atom. The third-order valence-electron chi connectivity index (χ3n) is 4.03. The van der Waals surface area contributed by atoms with Crippen LogP contribution in [-0.2, 0) is 11.3 Å². The van der Waals surface area contributed by atoms with Gasteiger partial charge in [0.15, 0.2) is 17.5 Å². The second kappa shape index (κ2) is 7.99. The minimum atomic E-state index is -0.643. The van der Waals surface area contributed by atoms with Gasteiger partial charge in [0.2, 0.25) is 5.91 Å². The molecule has 0 aromatic heterocycles. The van der Waals surface area contributed by atoms with Gasteiger partial charge in [-0.1, -0.05) is 19.9 Å². The summed E-state index contributed by atoms with van der Waals surface area (Å²) in [5.74, 6) is -0.224. The van der Waals surface area contributed by atoms with E-state index >= 15 is 0 Å². The van der Waals surface area contributed by atoms with Gasteiger partial charge >= 0.3 is 0 Å². The fourth-order valence-corrected chi connectivity index (χ4v) is 2.68. The van der Waals surface area contributed by atoms with Crippen molar-refractivity contribution in [2.24, 2.45) is 10.9 Å². The predicted molar refractivity (Wildman–Crippen MR) is 91.2 cm³/mol. The zero-order valence-corrected chi connectivity index (χ0v) is 14.3. The van der Waals surface area contributed by atoms with Gasteiger partial charge in [-0.25, -0.2) is 4.39 Å². The summed E-state index contributed by atoms with van der Waals surface area (Å²) < 4.78 is 13.3. The van der Waals surface area contributed by atoms with Gasteiger partial charge in [-0.15, -0.1) is 0 Å². The van der Waals surface area contributed by atoms with Gasteiger partial charge < -0.3 is 20.6 Å². The van der Waals surface area contributed by atoms with Crippen molar-refractivity contribution in [2.75, 3.05) is 20.1 Å². The maximum atomic E-state index is 13.3. The van der Waals surface area contributed by atoms with Crippen molar-refractivity contribution in [1.29, 1.82) is 0 Å². The van der Waals surface area contributed by atoms with Crippen LogP contribution >= 0.6 is 0 Å². The maximum absolute atomic E-state index is 13.3. The number of rotatable bonds is 4. The van der Waals surface area contributed by atoms with E-state index in [1.165, 1.54) is 12.1 Å². The number of phenolic OH excluding ortho intramolecular Hbond substituents is 1. The fourth-order valence-electron chi connectivity index (χ4n) is 2.68. The molecule has 3 N–H and O–H groups in total.